The van der Waals surface area contributed by atoms with Crippen LogP contribution in [-0.2, 0) is 4.79 Å². The number of carbonyl (C=O) groups excluding carboxylic acids is 1. The van der Waals surface area contributed by atoms with E-state index >= 15 is 0 Å². The van der Waals surface area contributed by atoms with Crippen molar-refractivity contribution in [3.8, 4) is 23.1 Å². The molecule has 184 valence electrons. The summed E-state index contributed by atoms with van der Waals surface area (Å²) in [5, 5.41) is 9.74. The Labute approximate surface area is 209 Å². The second kappa shape index (κ2) is 9.97. The summed E-state index contributed by atoms with van der Waals surface area (Å²) in [6.45, 7) is 1.90. The van der Waals surface area contributed by atoms with Gasteiger partial charge in [-0.2, -0.15) is 0 Å². The first-order chi connectivity index (χ1) is 17.3. The van der Waals surface area contributed by atoms with E-state index in [1.54, 1.807) is 6.26 Å². The fourth-order valence-corrected chi connectivity index (χ4v) is 6.40. The second-order valence-electron chi connectivity index (χ2n) is 9.38. The zero-order chi connectivity index (χ0) is 23.6. The van der Waals surface area contributed by atoms with Gasteiger partial charge in [0.25, 0.3) is 0 Å². The number of aromatic nitrogens is 3. The molecule has 0 radical (unpaired) electrons. The van der Waals surface area contributed by atoms with E-state index in [9.17, 15) is 4.79 Å². The van der Waals surface area contributed by atoms with Gasteiger partial charge in [0.2, 0.25) is 11.7 Å². The molecule has 2 aromatic heterocycles. The van der Waals surface area contributed by atoms with Crippen molar-refractivity contribution in [1.82, 2.24) is 19.7 Å². The van der Waals surface area contributed by atoms with Gasteiger partial charge in [-0.15, -0.1) is 10.2 Å². The summed E-state index contributed by atoms with van der Waals surface area (Å²) in [5.41, 5.74) is 1.11. The first-order valence-electron chi connectivity index (χ1n) is 12.6. The van der Waals surface area contributed by atoms with E-state index < -0.39 is 0 Å². The average molecular weight is 495 g/mol. The van der Waals surface area contributed by atoms with Crippen LogP contribution in [0, 0.1) is 0 Å². The van der Waals surface area contributed by atoms with Gasteiger partial charge in [0.05, 0.1) is 18.1 Å². The Morgan fingerprint density at radius 3 is 2.69 bits per heavy atom. The third kappa shape index (κ3) is 4.53. The first-order valence-corrected chi connectivity index (χ1v) is 13.6. The van der Waals surface area contributed by atoms with Gasteiger partial charge in [-0.1, -0.05) is 37.1 Å². The Kier molecular flexibility index (Phi) is 6.41. The highest BCUT2D eigenvalue weighted by Gasteiger charge is 2.32. The van der Waals surface area contributed by atoms with Crippen molar-refractivity contribution in [2.24, 2.45) is 0 Å². The average Bonchev–Trinajstić information content (AvgIpc) is 3.68. The molecule has 1 unspecified atom stereocenters. The van der Waals surface area contributed by atoms with Crippen LogP contribution in [0.3, 0.4) is 0 Å². The van der Waals surface area contributed by atoms with E-state index in [1.807, 2.05) is 29.2 Å². The summed E-state index contributed by atoms with van der Waals surface area (Å²) in [5.74, 6) is 3.50. The van der Waals surface area contributed by atoms with Crippen LogP contribution in [-0.4, -0.2) is 51.1 Å². The number of ether oxygens (including phenoxy) is 2. The molecule has 0 N–H and O–H groups in total. The molecule has 6 rings (SSSR count). The molecule has 0 bridgehead atoms. The molecule has 3 aliphatic rings. The summed E-state index contributed by atoms with van der Waals surface area (Å²) >= 11 is 1.49. The standard InChI is InChI=1S/C26H30N4O4S/c31-24(29-12-4-8-20(29)18-10-11-21-23(16-18)34-15-14-33-21)17-35-26-28-27-25(22-9-5-13-32-22)30(26)19-6-2-1-3-7-19/h5,9-11,13,16,19-20H,1-4,6-8,12,14-15,17H2. The predicted molar refractivity (Wildman–Crippen MR) is 132 cm³/mol. The number of hydrogen-bond acceptors (Lipinski definition) is 7. The highest BCUT2D eigenvalue weighted by atomic mass is 32.2. The van der Waals surface area contributed by atoms with Crippen molar-refractivity contribution in [3.05, 3.63) is 42.2 Å². The summed E-state index contributed by atoms with van der Waals surface area (Å²) in [6, 6.07) is 10.3. The first kappa shape index (κ1) is 22.5. The lowest BCUT2D eigenvalue weighted by Crippen LogP contribution is -2.32. The van der Waals surface area contributed by atoms with Gasteiger partial charge in [-0.25, -0.2) is 0 Å². The molecule has 1 saturated heterocycles. The summed E-state index contributed by atoms with van der Waals surface area (Å²) in [6.07, 6.45) is 9.50. The van der Waals surface area contributed by atoms with E-state index in [4.69, 9.17) is 13.9 Å². The largest absolute Gasteiger partial charge is 0.486 e. The monoisotopic (exact) mass is 494 g/mol. The molecule has 1 atom stereocenters. The number of furan rings is 1. The SMILES string of the molecule is O=C(CSc1nnc(-c2ccco2)n1C1CCCCC1)N1CCCC1c1ccc2c(c1)OCCO2. The number of rotatable bonds is 6. The van der Waals surface area contributed by atoms with Crippen LogP contribution < -0.4 is 9.47 Å². The highest BCUT2D eigenvalue weighted by molar-refractivity contribution is 7.99. The van der Waals surface area contributed by atoms with Crippen LogP contribution in [0.4, 0.5) is 0 Å². The second-order valence-corrected chi connectivity index (χ2v) is 10.3. The number of amides is 1. The lowest BCUT2D eigenvalue weighted by Gasteiger charge is -2.27. The van der Waals surface area contributed by atoms with Crippen LogP contribution in [0.25, 0.3) is 11.6 Å². The van der Waals surface area contributed by atoms with Gasteiger partial charge in [0.1, 0.15) is 13.2 Å². The Morgan fingerprint density at radius 2 is 1.86 bits per heavy atom. The van der Waals surface area contributed by atoms with Crippen LogP contribution in [0.1, 0.15) is 62.6 Å². The minimum Gasteiger partial charge on any atom is -0.486 e. The molecular formula is C26H30N4O4S. The minimum absolute atomic E-state index is 0.0637. The Bertz CT molecular complexity index is 1170. The van der Waals surface area contributed by atoms with Gasteiger partial charge < -0.3 is 18.8 Å². The van der Waals surface area contributed by atoms with Gasteiger partial charge in [-0.05, 0) is 55.5 Å². The van der Waals surface area contributed by atoms with Gasteiger partial charge >= 0.3 is 0 Å². The zero-order valence-electron chi connectivity index (χ0n) is 19.7. The summed E-state index contributed by atoms with van der Waals surface area (Å²) in [4.78, 5) is 15.4. The third-order valence-corrected chi connectivity index (χ3v) is 8.12. The molecular weight excluding hydrogens is 464 g/mol. The lowest BCUT2D eigenvalue weighted by atomic mass is 9.95. The number of fused-ring (bicyclic) bond motifs is 1. The quantitative estimate of drug-likeness (QED) is 0.432. The van der Waals surface area contributed by atoms with Crippen molar-refractivity contribution < 1.29 is 18.7 Å². The molecule has 1 aliphatic carbocycles. The predicted octanol–water partition coefficient (Wildman–Crippen LogP) is 5.27. The van der Waals surface area contributed by atoms with Crippen LogP contribution in [0.5, 0.6) is 11.5 Å². The van der Waals surface area contributed by atoms with Crippen molar-refractivity contribution in [2.75, 3.05) is 25.5 Å². The third-order valence-electron chi connectivity index (χ3n) is 7.19. The van der Waals surface area contributed by atoms with E-state index in [0.717, 1.165) is 66.0 Å². The van der Waals surface area contributed by atoms with Crippen molar-refractivity contribution in [3.63, 3.8) is 0 Å². The normalized spacial score (nSPS) is 20.3. The number of likely N-dealkylation sites (tertiary alicyclic amines) is 1. The van der Waals surface area contributed by atoms with Gasteiger partial charge in [0.15, 0.2) is 22.4 Å². The molecule has 2 fully saturated rings. The maximum atomic E-state index is 13.4. The Balaban J connectivity index is 1.19. The highest BCUT2D eigenvalue weighted by Crippen LogP contribution is 2.39. The van der Waals surface area contributed by atoms with Gasteiger partial charge in [-0.3, -0.25) is 9.36 Å². The topological polar surface area (TPSA) is 82.6 Å². The van der Waals surface area contributed by atoms with Crippen molar-refractivity contribution in [1.29, 1.82) is 0 Å². The maximum absolute atomic E-state index is 13.4. The summed E-state index contributed by atoms with van der Waals surface area (Å²) < 4.78 is 19.3. The Hall–Kier alpha value is -2.94. The van der Waals surface area contributed by atoms with Crippen molar-refractivity contribution >= 4 is 17.7 Å². The molecule has 4 heterocycles. The number of thioether (sulfide) groups is 1. The molecule has 1 saturated carbocycles. The molecule has 0 spiro atoms. The lowest BCUT2D eigenvalue weighted by molar-refractivity contribution is -0.129. The van der Waals surface area contributed by atoms with Crippen LogP contribution in [0.15, 0.2) is 46.2 Å². The van der Waals surface area contributed by atoms with Crippen LogP contribution in [0.2, 0.25) is 0 Å². The molecule has 8 nitrogen and oxygen atoms in total. The molecule has 1 aromatic carbocycles. The van der Waals surface area contributed by atoms with E-state index in [-0.39, 0.29) is 11.9 Å². The van der Waals surface area contributed by atoms with E-state index in [2.05, 4.69) is 20.8 Å². The zero-order valence-corrected chi connectivity index (χ0v) is 20.5. The fourth-order valence-electron chi connectivity index (χ4n) is 5.51. The molecule has 3 aromatic rings. The summed E-state index contributed by atoms with van der Waals surface area (Å²) in [7, 11) is 0. The smallest absolute Gasteiger partial charge is 0.233 e. The Morgan fingerprint density at radius 1 is 1.00 bits per heavy atom. The van der Waals surface area contributed by atoms with Crippen molar-refractivity contribution in [2.45, 2.75) is 62.2 Å². The molecule has 35 heavy (non-hydrogen) atoms. The number of hydrogen-bond donors (Lipinski definition) is 0. The number of benzene rings is 1. The number of carbonyl (C=O) groups is 1. The molecule has 2 aliphatic heterocycles. The molecule has 9 heteroatoms. The fraction of sp³-hybridized carbons (Fsp3) is 0.500. The van der Waals surface area contributed by atoms with E-state index in [0.29, 0.717) is 25.0 Å². The van der Waals surface area contributed by atoms with E-state index in [1.165, 1.54) is 31.0 Å². The van der Waals surface area contributed by atoms with Crippen LogP contribution >= 0.6 is 11.8 Å². The number of nitrogens with zero attached hydrogens (tertiary/aromatic N) is 4. The molecule has 1 amide bonds. The van der Waals surface area contributed by atoms with Gasteiger partial charge in [0, 0.05) is 12.6 Å². The maximum Gasteiger partial charge on any atom is 0.233 e. The minimum atomic E-state index is 0.0637.